The third-order valence-corrected chi connectivity index (χ3v) is 4.76. The fourth-order valence-corrected chi connectivity index (χ4v) is 3.76. The number of nitrogens with zero attached hydrogens (tertiary/aromatic N) is 1. The molecule has 0 aromatic rings. The number of hydrogen-bond acceptors (Lipinski definition) is 3. The standard InChI is InChI=1S/C15H28N2O2/c1-2-7-15(8-9-16-12-15)14(19)17-10-3-5-13(17)6-4-11-18/h13,16,18H,2-12H2,1H3. The molecule has 2 aliphatic rings. The monoisotopic (exact) mass is 268 g/mol. The first kappa shape index (κ1) is 14.8. The molecule has 2 atom stereocenters. The molecule has 2 rings (SSSR count). The highest BCUT2D eigenvalue weighted by Crippen LogP contribution is 2.36. The van der Waals surface area contributed by atoms with Crippen molar-refractivity contribution in [1.82, 2.24) is 10.2 Å². The summed E-state index contributed by atoms with van der Waals surface area (Å²) in [5, 5.41) is 12.4. The highest BCUT2D eigenvalue weighted by Gasteiger charge is 2.45. The van der Waals surface area contributed by atoms with Crippen LogP contribution in [0.25, 0.3) is 0 Å². The molecule has 4 nitrogen and oxygen atoms in total. The van der Waals surface area contributed by atoms with Crippen molar-refractivity contribution >= 4 is 5.91 Å². The van der Waals surface area contributed by atoms with Crippen molar-refractivity contribution in [3.8, 4) is 0 Å². The fourth-order valence-electron chi connectivity index (χ4n) is 3.76. The normalized spacial score (nSPS) is 31.1. The van der Waals surface area contributed by atoms with Crippen LogP contribution >= 0.6 is 0 Å². The van der Waals surface area contributed by atoms with Crippen LogP contribution in [0, 0.1) is 5.41 Å². The third kappa shape index (κ3) is 3.11. The molecule has 19 heavy (non-hydrogen) atoms. The highest BCUT2D eigenvalue weighted by molar-refractivity contribution is 5.84. The lowest BCUT2D eigenvalue weighted by Gasteiger charge is -2.35. The molecule has 2 aliphatic heterocycles. The van der Waals surface area contributed by atoms with Crippen molar-refractivity contribution < 1.29 is 9.90 Å². The summed E-state index contributed by atoms with van der Waals surface area (Å²) in [6.07, 6.45) is 7.07. The summed E-state index contributed by atoms with van der Waals surface area (Å²) in [6, 6.07) is 0.369. The second-order valence-electron chi connectivity index (χ2n) is 6.12. The highest BCUT2D eigenvalue weighted by atomic mass is 16.3. The molecule has 0 radical (unpaired) electrons. The van der Waals surface area contributed by atoms with E-state index in [1.54, 1.807) is 0 Å². The van der Waals surface area contributed by atoms with Crippen molar-refractivity contribution in [3.63, 3.8) is 0 Å². The molecule has 110 valence electrons. The van der Waals surface area contributed by atoms with Crippen LogP contribution in [-0.2, 0) is 4.79 Å². The van der Waals surface area contributed by atoms with Crippen molar-refractivity contribution in [2.45, 2.75) is 57.9 Å². The number of carbonyl (C=O) groups is 1. The Labute approximate surface area is 116 Å². The number of aliphatic hydroxyl groups is 1. The van der Waals surface area contributed by atoms with Crippen molar-refractivity contribution in [2.24, 2.45) is 5.41 Å². The van der Waals surface area contributed by atoms with E-state index in [0.717, 1.165) is 64.6 Å². The van der Waals surface area contributed by atoms with E-state index < -0.39 is 0 Å². The van der Waals surface area contributed by atoms with Crippen LogP contribution in [0.2, 0.25) is 0 Å². The van der Waals surface area contributed by atoms with E-state index in [9.17, 15) is 4.79 Å². The third-order valence-electron chi connectivity index (χ3n) is 4.76. The Morgan fingerprint density at radius 2 is 2.37 bits per heavy atom. The zero-order valence-electron chi connectivity index (χ0n) is 12.2. The predicted octanol–water partition coefficient (Wildman–Crippen LogP) is 1.53. The summed E-state index contributed by atoms with van der Waals surface area (Å²) >= 11 is 0. The molecule has 2 N–H and O–H groups in total. The Balaban J connectivity index is 2.03. The van der Waals surface area contributed by atoms with Crippen LogP contribution in [0.4, 0.5) is 0 Å². The second kappa shape index (κ2) is 6.71. The Kier molecular flexibility index (Phi) is 5.22. The van der Waals surface area contributed by atoms with E-state index in [-0.39, 0.29) is 12.0 Å². The minimum absolute atomic E-state index is 0.142. The maximum atomic E-state index is 13.0. The second-order valence-corrected chi connectivity index (χ2v) is 6.12. The van der Waals surface area contributed by atoms with Gasteiger partial charge in [0.15, 0.2) is 0 Å². The van der Waals surface area contributed by atoms with Gasteiger partial charge in [0.25, 0.3) is 0 Å². The molecule has 4 heteroatoms. The van der Waals surface area contributed by atoms with Gasteiger partial charge in [0, 0.05) is 25.7 Å². The van der Waals surface area contributed by atoms with Crippen molar-refractivity contribution in [2.75, 3.05) is 26.2 Å². The lowest BCUT2D eigenvalue weighted by molar-refractivity contribution is -0.142. The summed E-state index contributed by atoms with van der Waals surface area (Å²) in [6.45, 7) is 5.14. The van der Waals surface area contributed by atoms with Crippen LogP contribution in [0.1, 0.15) is 51.9 Å². The molecule has 1 amide bonds. The van der Waals surface area contributed by atoms with Gasteiger partial charge in [0.1, 0.15) is 0 Å². The van der Waals surface area contributed by atoms with Crippen LogP contribution in [0.5, 0.6) is 0 Å². The maximum Gasteiger partial charge on any atom is 0.230 e. The number of hydrogen-bond donors (Lipinski definition) is 2. The van der Waals surface area contributed by atoms with Crippen molar-refractivity contribution in [3.05, 3.63) is 0 Å². The first-order valence-electron chi connectivity index (χ1n) is 7.86. The largest absolute Gasteiger partial charge is 0.396 e. The number of nitrogens with one attached hydrogen (secondary N) is 1. The minimum atomic E-state index is -0.142. The molecule has 2 heterocycles. The molecule has 0 bridgehead atoms. The van der Waals surface area contributed by atoms with E-state index in [1.165, 1.54) is 0 Å². The lowest BCUT2D eigenvalue weighted by atomic mass is 9.80. The first-order valence-corrected chi connectivity index (χ1v) is 7.86. The number of amides is 1. The number of rotatable bonds is 6. The van der Waals surface area contributed by atoms with Gasteiger partial charge in [0.05, 0.1) is 5.41 Å². The van der Waals surface area contributed by atoms with E-state index in [2.05, 4.69) is 17.1 Å². The quantitative estimate of drug-likeness (QED) is 0.768. The fraction of sp³-hybridized carbons (Fsp3) is 0.933. The van der Waals surface area contributed by atoms with Crippen LogP contribution < -0.4 is 5.32 Å². The SMILES string of the molecule is CCCC1(C(=O)N2CCCC2CCCO)CCNC1. The van der Waals surface area contributed by atoms with Crippen molar-refractivity contribution in [1.29, 1.82) is 0 Å². The molecule has 0 aromatic heterocycles. The van der Waals surface area contributed by atoms with Gasteiger partial charge >= 0.3 is 0 Å². The van der Waals surface area contributed by atoms with Gasteiger partial charge in [-0.2, -0.15) is 0 Å². The molecule has 2 unspecified atom stereocenters. The van der Waals surface area contributed by atoms with E-state index >= 15 is 0 Å². The Morgan fingerprint density at radius 3 is 3.00 bits per heavy atom. The zero-order chi connectivity index (χ0) is 13.7. The summed E-state index contributed by atoms with van der Waals surface area (Å²) in [5.74, 6) is 0.375. The van der Waals surface area contributed by atoms with Crippen LogP contribution in [0.3, 0.4) is 0 Å². The van der Waals surface area contributed by atoms with Gasteiger partial charge in [-0.1, -0.05) is 13.3 Å². The van der Waals surface area contributed by atoms with Gasteiger partial charge in [-0.25, -0.2) is 0 Å². The molecule has 0 spiro atoms. The Morgan fingerprint density at radius 1 is 1.53 bits per heavy atom. The minimum Gasteiger partial charge on any atom is -0.396 e. The smallest absolute Gasteiger partial charge is 0.230 e. The van der Waals surface area contributed by atoms with E-state index in [1.807, 2.05) is 0 Å². The lowest BCUT2D eigenvalue weighted by Crippen LogP contribution is -2.47. The van der Waals surface area contributed by atoms with Gasteiger partial charge in [-0.3, -0.25) is 4.79 Å². The summed E-state index contributed by atoms with van der Waals surface area (Å²) in [5.41, 5.74) is -0.142. The van der Waals surface area contributed by atoms with Gasteiger partial charge in [0.2, 0.25) is 5.91 Å². The maximum absolute atomic E-state index is 13.0. The topological polar surface area (TPSA) is 52.6 Å². The van der Waals surface area contributed by atoms with Gasteiger partial charge in [-0.15, -0.1) is 0 Å². The van der Waals surface area contributed by atoms with Crippen LogP contribution in [0.15, 0.2) is 0 Å². The molecule has 0 aliphatic carbocycles. The Bertz CT molecular complexity index is 301. The summed E-state index contributed by atoms with van der Waals surface area (Å²) in [7, 11) is 0. The molecule has 2 saturated heterocycles. The zero-order valence-corrected chi connectivity index (χ0v) is 12.2. The van der Waals surface area contributed by atoms with E-state index in [4.69, 9.17) is 5.11 Å². The van der Waals surface area contributed by atoms with Crippen LogP contribution in [-0.4, -0.2) is 48.2 Å². The average Bonchev–Trinajstić information content (AvgIpc) is 3.05. The van der Waals surface area contributed by atoms with Gasteiger partial charge in [-0.05, 0) is 45.1 Å². The first-order chi connectivity index (χ1) is 9.23. The predicted molar refractivity (Wildman–Crippen MR) is 75.9 cm³/mol. The summed E-state index contributed by atoms with van der Waals surface area (Å²) in [4.78, 5) is 15.1. The average molecular weight is 268 g/mol. The molecular weight excluding hydrogens is 240 g/mol. The molecule has 2 fully saturated rings. The number of aliphatic hydroxyl groups excluding tert-OH is 1. The van der Waals surface area contributed by atoms with E-state index in [0.29, 0.717) is 11.9 Å². The number of carbonyl (C=O) groups excluding carboxylic acids is 1. The number of likely N-dealkylation sites (tertiary alicyclic amines) is 1. The van der Waals surface area contributed by atoms with Gasteiger partial charge < -0.3 is 15.3 Å². The molecular formula is C15H28N2O2. The molecule has 0 saturated carbocycles. The molecule has 0 aromatic carbocycles. The Hall–Kier alpha value is -0.610. The summed E-state index contributed by atoms with van der Waals surface area (Å²) < 4.78 is 0.